The predicted molar refractivity (Wildman–Crippen MR) is 89.5 cm³/mol. The lowest BCUT2D eigenvalue weighted by atomic mass is 10.1. The monoisotopic (exact) mass is 294 g/mol. The molecule has 0 aliphatic heterocycles. The van der Waals surface area contributed by atoms with Crippen LogP contribution in [0, 0.1) is 0 Å². The van der Waals surface area contributed by atoms with E-state index in [0.717, 1.165) is 34.0 Å². The average Bonchev–Trinajstić information content (AvgIpc) is 3.05. The first-order valence-electron chi connectivity index (χ1n) is 7.32. The van der Waals surface area contributed by atoms with Gasteiger partial charge in [-0.05, 0) is 36.1 Å². The molecule has 3 rings (SSSR count). The lowest BCUT2D eigenvalue weighted by Crippen LogP contribution is -1.82. The van der Waals surface area contributed by atoms with Gasteiger partial charge in [-0.1, -0.05) is 61.6 Å². The van der Waals surface area contributed by atoms with Crippen LogP contribution in [0.1, 0.15) is 25.0 Å². The number of aromatic nitrogens is 2. The number of hydrogen-bond acceptors (Lipinski definition) is 3. The van der Waals surface area contributed by atoms with Gasteiger partial charge < -0.3 is 0 Å². The highest BCUT2D eigenvalue weighted by Gasteiger charge is 2.09. The molecular formula is C18H18N2S. The van der Waals surface area contributed by atoms with Crippen molar-refractivity contribution in [2.75, 3.05) is 0 Å². The van der Waals surface area contributed by atoms with E-state index in [0.29, 0.717) is 0 Å². The fourth-order valence-electron chi connectivity index (χ4n) is 2.31. The smallest absolute Gasteiger partial charge is 0.138 e. The van der Waals surface area contributed by atoms with Crippen LogP contribution in [0.2, 0.25) is 0 Å². The minimum atomic E-state index is 0.988. The average molecular weight is 294 g/mol. The summed E-state index contributed by atoms with van der Waals surface area (Å²) in [5.41, 5.74) is 4.98. The lowest BCUT2D eigenvalue weighted by Gasteiger charge is -2.00. The largest absolute Gasteiger partial charge is 0.148 e. The van der Waals surface area contributed by atoms with Gasteiger partial charge in [-0.15, -0.1) is 10.2 Å². The van der Waals surface area contributed by atoms with E-state index in [1.54, 1.807) is 11.3 Å². The number of benzene rings is 2. The third-order valence-electron chi connectivity index (χ3n) is 3.59. The molecule has 0 bridgehead atoms. The summed E-state index contributed by atoms with van der Waals surface area (Å²) in [6.45, 7) is 4.34. The highest BCUT2D eigenvalue weighted by atomic mass is 32.1. The maximum atomic E-state index is 4.36. The fourth-order valence-corrected chi connectivity index (χ4v) is 3.14. The first-order valence-corrected chi connectivity index (χ1v) is 8.14. The van der Waals surface area contributed by atoms with Crippen molar-refractivity contribution >= 4 is 11.3 Å². The Morgan fingerprint density at radius 2 is 1.24 bits per heavy atom. The molecule has 0 spiro atoms. The van der Waals surface area contributed by atoms with Gasteiger partial charge in [0.15, 0.2) is 0 Å². The third-order valence-corrected chi connectivity index (χ3v) is 4.61. The minimum Gasteiger partial charge on any atom is -0.138 e. The van der Waals surface area contributed by atoms with E-state index in [9.17, 15) is 0 Å². The second kappa shape index (κ2) is 6.19. The number of nitrogens with zero attached hydrogens (tertiary/aromatic N) is 2. The molecule has 0 N–H and O–H groups in total. The van der Waals surface area contributed by atoms with Gasteiger partial charge in [0, 0.05) is 11.1 Å². The zero-order chi connectivity index (χ0) is 14.7. The van der Waals surface area contributed by atoms with Crippen LogP contribution in [-0.4, -0.2) is 10.2 Å². The van der Waals surface area contributed by atoms with Crippen LogP contribution in [0.3, 0.4) is 0 Å². The highest BCUT2D eigenvalue weighted by Crippen LogP contribution is 2.30. The normalized spacial score (nSPS) is 10.8. The van der Waals surface area contributed by atoms with Gasteiger partial charge in [-0.3, -0.25) is 0 Å². The van der Waals surface area contributed by atoms with Crippen molar-refractivity contribution in [3.63, 3.8) is 0 Å². The third kappa shape index (κ3) is 3.03. The molecule has 0 aliphatic carbocycles. The van der Waals surface area contributed by atoms with Crippen molar-refractivity contribution in [2.45, 2.75) is 26.7 Å². The summed E-state index contributed by atoms with van der Waals surface area (Å²) < 4.78 is 0. The Balaban J connectivity index is 1.95. The van der Waals surface area contributed by atoms with E-state index in [-0.39, 0.29) is 0 Å². The van der Waals surface area contributed by atoms with Crippen LogP contribution in [-0.2, 0) is 12.8 Å². The van der Waals surface area contributed by atoms with Crippen molar-refractivity contribution in [1.82, 2.24) is 10.2 Å². The molecule has 1 heterocycles. The van der Waals surface area contributed by atoms with Gasteiger partial charge >= 0.3 is 0 Å². The Bertz CT molecular complexity index is 684. The van der Waals surface area contributed by atoms with Gasteiger partial charge in [0.2, 0.25) is 0 Å². The Labute approximate surface area is 129 Å². The molecule has 0 atom stereocenters. The molecule has 0 saturated carbocycles. The number of rotatable bonds is 4. The molecule has 2 aromatic carbocycles. The first kappa shape index (κ1) is 14.0. The van der Waals surface area contributed by atoms with Crippen LogP contribution in [0.25, 0.3) is 21.1 Å². The van der Waals surface area contributed by atoms with Crippen molar-refractivity contribution < 1.29 is 0 Å². The Morgan fingerprint density at radius 1 is 0.762 bits per heavy atom. The van der Waals surface area contributed by atoms with Gasteiger partial charge in [-0.25, -0.2) is 0 Å². The van der Waals surface area contributed by atoms with Gasteiger partial charge in [0.25, 0.3) is 0 Å². The van der Waals surface area contributed by atoms with Crippen LogP contribution in [0.4, 0.5) is 0 Å². The minimum absolute atomic E-state index is 0.988. The standard InChI is InChI=1S/C18H18N2S/c1-3-13-7-5-9-15(11-13)17-19-20-18(21-17)16-10-6-8-14(4-2)12-16/h5-12H,3-4H2,1-2H3. The molecule has 0 amide bonds. The number of hydrogen-bond donors (Lipinski definition) is 0. The van der Waals surface area contributed by atoms with E-state index in [1.165, 1.54) is 11.1 Å². The van der Waals surface area contributed by atoms with E-state index >= 15 is 0 Å². The van der Waals surface area contributed by atoms with Crippen LogP contribution in [0.5, 0.6) is 0 Å². The molecular weight excluding hydrogens is 276 g/mol. The molecule has 3 heteroatoms. The van der Waals surface area contributed by atoms with Crippen molar-refractivity contribution in [3.05, 3.63) is 59.7 Å². The molecule has 1 aromatic heterocycles. The lowest BCUT2D eigenvalue weighted by molar-refractivity contribution is 1.09. The van der Waals surface area contributed by atoms with Crippen molar-refractivity contribution in [2.24, 2.45) is 0 Å². The number of aryl methyl sites for hydroxylation is 2. The quantitative estimate of drug-likeness (QED) is 0.677. The van der Waals surface area contributed by atoms with E-state index < -0.39 is 0 Å². The van der Waals surface area contributed by atoms with Crippen molar-refractivity contribution in [1.29, 1.82) is 0 Å². The SMILES string of the molecule is CCc1cccc(-c2nnc(-c3cccc(CC)c3)s2)c1. The zero-order valence-electron chi connectivity index (χ0n) is 12.3. The van der Waals surface area contributed by atoms with E-state index in [2.05, 4.69) is 72.6 Å². The molecule has 0 unspecified atom stereocenters. The maximum absolute atomic E-state index is 4.36. The fraction of sp³-hybridized carbons (Fsp3) is 0.222. The molecule has 0 aliphatic rings. The van der Waals surface area contributed by atoms with Gasteiger partial charge in [0.05, 0.1) is 0 Å². The summed E-state index contributed by atoms with van der Waals surface area (Å²) in [6, 6.07) is 17.1. The van der Waals surface area contributed by atoms with Crippen molar-refractivity contribution in [3.8, 4) is 21.1 Å². The Hall–Kier alpha value is -2.00. The van der Waals surface area contributed by atoms with Crippen LogP contribution in [0.15, 0.2) is 48.5 Å². The predicted octanol–water partition coefficient (Wildman–Crippen LogP) is 5.00. The summed E-state index contributed by atoms with van der Waals surface area (Å²) in [4.78, 5) is 0. The maximum Gasteiger partial charge on any atom is 0.148 e. The molecule has 0 radical (unpaired) electrons. The Morgan fingerprint density at radius 3 is 1.67 bits per heavy atom. The van der Waals surface area contributed by atoms with Gasteiger partial charge in [0.1, 0.15) is 10.0 Å². The molecule has 3 aromatic rings. The first-order chi connectivity index (χ1) is 10.3. The van der Waals surface area contributed by atoms with Crippen LogP contribution >= 0.6 is 11.3 Å². The molecule has 106 valence electrons. The molecule has 0 saturated heterocycles. The Kier molecular flexibility index (Phi) is 4.11. The molecule has 0 fully saturated rings. The summed E-state index contributed by atoms with van der Waals surface area (Å²) in [7, 11) is 0. The summed E-state index contributed by atoms with van der Waals surface area (Å²) >= 11 is 1.66. The molecule has 21 heavy (non-hydrogen) atoms. The second-order valence-electron chi connectivity index (χ2n) is 5.02. The van der Waals surface area contributed by atoms with E-state index in [1.807, 2.05) is 0 Å². The zero-order valence-corrected chi connectivity index (χ0v) is 13.2. The summed E-state index contributed by atoms with van der Waals surface area (Å²) in [5.74, 6) is 0. The second-order valence-corrected chi connectivity index (χ2v) is 6.00. The highest BCUT2D eigenvalue weighted by molar-refractivity contribution is 7.17. The van der Waals surface area contributed by atoms with Crippen LogP contribution < -0.4 is 0 Å². The van der Waals surface area contributed by atoms with E-state index in [4.69, 9.17) is 0 Å². The van der Waals surface area contributed by atoms with Gasteiger partial charge in [-0.2, -0.15) is 0 Å². The summed E-state index contributed by atoms with van der Waals surface area (Å²) in [5, 5.41) is 10.7. The topological polar surface area (TPSA) is 25.8 Å². The molecule has 2 nitrogen and oxygen atoms in total. The summed E-state index contributed by atoms with van der Waals surface area (Å²) in [6.07, 6.45) is 2.08.